The number of hydrazine groups is 1. The minimum absolute atomic E-state index is 0.0995. The van der Waals surface area contributed by atoms with Crippen molar-refractivity contribution in [3.63, 3.8) is 0 Å². The second kappa shape index (κ2) is 6.51. The van der Waals surface area contributed by atoms with Crippen LogP contribution >= 0.6 is 22.6 Å². The highest BCUT2D eigenvalue weighted by molar-refractivity contribution is 14.1. The normalized spacial score (nSPS) is 13.1. The summed E-state index contributed by atoms with van der Waals surface area (Å²) in [6, 6.07) is 4.95. The molecule has 1 aromatic carbocycles. The van der Waals surface area contributed by atoms with Crippen LogP contribution in [0.4, 0.5) is 4.39 Å². The lowest BCUT2D eigenvalue weighted by atomic mass is 9.89. The maximum Gasteiger partial charge on any atom is 0.124 e. The molecule has 0 aromatic heterocycles. The summed E-state index contributed by atoms with van der Waals surface area (Å²) in [6.07, 6.45) is 2.11. The Balaban J connectivity index is 3.03. The van der Waals surface area contributed by atoms with Gasteiger partial charge >= 0.3 is 0 Å². The fourth-order valence-electron chi connectivity index (χ4n) is 1.99. The first kappa shape index (κ1) is 13.9. The van der Waals surface area contributed by atoms with Crippen LogP contribution in [0.1, 0.15) is 38.3 Å². The van der Waals surface area contributed by atoms with Crippen molar-refractivity contribution in [3.05, 3.63) is 33.1 Å². The SMILES string of the molecule is CCC(CC)C(NN)c1ccc(F)cc1I. The van der Waals surface area contributed by atoms with E-state index in [0.717, 1.165) is 22.0 Å². The van der Waals surface area contributed by atoms with Crippen molar-refractivity contribution in [2.24, 2.45) is 11.8 Å². The van der Waals surface area contributed by atoms with E-state index in [1.807, 2.05) is 6.07 Å². The van der Waals surface area contributed by atoms with Crippen molar-refractivity contribution >= 4 is 22.6 Å². The van der Waals surface area contributed by atoms with Gasteiger partial charge < -0.3 is 0 Å². The fourth-order valence-corrected chi connectivity index (χ4v) is 2.81. The minimum atomic E-state index is -0.200. The molecule has 2 nitrogen and oxygen atoms in total. The zero-order chi connectivity index (χ0) is 12.1. The van der Waals surface area contributed by atoms with E-state index in [-0.39, 0.29) is 11.9 Å². The monoisotopic (exact) mass is 336 g/mol. The second-order valence-electron chi connectivity index (χ2n) is 3.89. The molecule has 0 bridgehead atoms. The standard InChI is InChI=1S/C12H18FIN2/c1-3-8(4-2)12(16-15)10-6-5-9(13)7-11(10)14/h5-8,12,16H,3-4,15H2,1-2H3. The first-order valence-corrected chi connectivity index (χ1v) is 6.62. The highest BCUT2D eigenvalue weighted by Gasteiger charge is 2.21. The Hall–Kier alpha value is -0.200. The van der Waals surface area contributed by atoms with E-state index in [4.69, 9.17) is 5.84 Å². The summed E-state index contributed by atoms with van der Waals surface area (Å²) in [5, 5.41) is 0. The van der Waals surface area contributed by atoms with Crippen molar-refractivity contribution in [1.29, 1.82) is 0 Å². The van der Waals surface area contributed by atoms with E-state index in [1.54, 1.807) is 6.07 Å². The Morgan fingerprint density at radius 1 is 1.38 bits per heavy atom. The van der Waals surface area contributed by atoms with Crippen molar-refractivity contribution in [2.75, 3.05) is 0 Å². The molecular formula is C12H18FIN2. The molecule has 0 fully saturated rings. The topological polar surface area (TPSA) is 38.0 Å². The average molecular weight is 336 g/mol. The maximum absolute atomic E-state index is 13.0. The third-order valence-corrected chi connectivity index (χ3v) is 3.93. The van der Waals surface area contributed by atoms with E-state index in [0.29, 0.717) is 5.92 Å². The number of benzene rings is 1. The average Bonchev–Trinajstić information content (AvgIpc) is 2.27. The number of nitrogens with one attached hydrogen (secondary N) is 1. The summed E-state index contributed by atoms with van der Waals surface area (Å²) in [7, 11) is 0. The summed E-state index contributed by atoms with van der Waals surface area (Å²) < 4.78 is 13.9. The van der Waals surface area contributed by atoms with Gasteiger partial charge in [-0.15, -0.1) is 0 Å². The van der Waals surface area contributed by atoms with Gasteiger partial charge in [0.25, 0.3) is 0 Å². The van der Waals surface area contributed by atoms with E-state index >= 15 is 0 Å². The van der Waals surface area contributed by atoms with Crippen LogP contribution in [0.25, 0.3) is 0 Å². The number of nitrogens with two attached hydrogens (primary N) is 1. The molecule has 3 N–H and O–H groups in total. The molecule has 0 saturated heterocycles. The summed E-state index contributed by atoms with van der Waals surface area (Å²) in [5.41, 5.74) is 3.93. The molecule has 0 radical (unpaired) electrons. The van der Waals surface area contributed by atoms with Gasteiger partial charge in [0.15, 0.2) is 0 Å². The Kier molecular flexibility index (Phi) is 5.64. The van der Waals surface area contributed by atoms with Gasteiger partial charge in [-0.2, -0.15) is 0 Å². The van der Waals surface area contributed by atoms with Crippen LogP contribution in [0.2, 0.25) is 0 Å². The largest absolute Gasteiger partial charge is 0.271 e. The van der Waals surface area contributed by atoms with Crippen LogP contribution in [0, 0.1) is 15.3 Å². The number of hydrogen-bond donors (Lipinski definition) is 2. The molecule has 0 heterocycles. The lowest BCUT2D eigenvalue weighted by molar-refractivity contribution is 0.344. The van der Waals surface area contributed by atoms with Crippen LogP contribution < -0.4 is 11.3 Å². The first-order valence-electron chi connectivity index (χ1n) is 5.55. The zero-order valence-electron chi connectivity index (χ0n) is 9.63. The highest BCUT2D eigenvalue weighted by Crippen LogP contribution is 2.30. The van der Waals surface area contributed by atoms with Gasteiger partial charge in [0.05, 0.1) is 0 Å². The summed E-state index contributed by atoms with van der Waals surface area (Å²) in [6.45, 7) is 4.30. The predicted molar refractivity (Wildman–Crippen MR) is 73.3 cm³/mol. The molecule has 4 heteroatoms. The van der Waals surface area contributed by atoms with Crippen LogP contribution in [0.5, 0.6) is 0 Å². The van der Waals surface area contributed by atoms with Crippen molar-refractivity contribution < 1.29 is 4.39 Å². The molecule has 1 atom stereocenters. The lowest BCUT2D eigenvalue weighted by Crippen LogP contribution is -2.33. The molecule has 0 aliphatic heterocycles. The second-order valence-corrected chi connectivity index (χ2v) is 5.05. The maximum atomic E-state index is 13.0. The van der Waals surface area contributed by atoms with Crippen LogP contribution in [-0.2, 0) is 0 Å². The van der Waals surface area contributed by atoms with Gasteiger partial charge in [0, 0.05) is 9.61 Å². The van der Waals surface area contributed by atoms with E-state index in [2.05, 4.69) is 41.9 Å². The van der Waals surface area contributed by atoms with Gasteiger partial charge in [-0.05, 0) is 46.2 Å². The number of halogens is 2. The Morgan fingerprint density at radius 3 is 2.44 bits per heavy atom. The van der Waals surface area contributed by atoms with E-state index < -0.39 is 0 Å². The third kappa shape index (κ3) is 3.15. The fraction of sp³-hybridized carbons (Fsp3) is 0.500. The molecule has 1 unspecified atom stereocenters. The molecular weight excluding hydrogens is 318 g/mol. The molecule has 0 saturated carbocycles. The summed E-state index contributed by atoms with van der Waals surface area (Å²) >= 11 is 2.16. The Morgan fingerprint density at radius 2 is 2.00 bits per heavy atom. The molecule has 0 amide bonds. The van der Waals surface area contributed by atoms with Gasteiger partial charge in [-0.1, -0.05) is 32.8 Å². The third-order valence-electron chi connectivity index (χ3n) is 3.00. The van der Waals surface area contributed by atoms with Crippen molar-refractivity contribution in [1.82, 2.24) is 5.43 Å². The molecule has 1 rings (SSSR count). The Labute approximate surface area is 110 Å². The molecule has 16 heavy (non-hydrogen) atoms. The van der Waals surface area contributed by atoms with E-state index in [9.17, 15) is 4.39 Å². The van der Waals surface area contributed by atoms with Crippen LogP contribution in [0.15, 0.2) is 18.2 Å². The zero-order valence-corrected chi connectivity index (χ0v) is 11.8. The predicted octanol–water partition coefficient (Wildman–Crippen LogP) is 3.37. The molecule has 1 aromatic rings. The Bertz CT molecular complexity index is 340. The minimum Gasteiger partial charge on any atom is -0.271 e. The molecule has 0 aliphatic rings. The first-order chi connectivity index (χ1) is 7.63. The lowest BCUT2D eigenvalue weighted by Gasteiger charge is -2.25. The molecule has 0 aliphatic carbocycles. The van der Waals surface area contributed by atoms with Gasteiger partial charge in [-0.25, -0.2) is 4.39 Å². The van der Waals surface area contributed by atoms with Crippen molar-refractivity contribution in [2.45, 2.75) is 32.7 Å². The van der Waals surface area contributed by atoms with Crippen LogP contribution in [-0.4, -0.2) is 0 Å². The number of rotatable bonds is 5. The smallest absolute Gasteiger partial charge is 0.124 e. The van der Waals surface area contributed by atoms with Gasteiger partial charge in [-0.3, -0.25) is 11.3 Å². The quantitative estimate of drug-likeness (QED) is 0.492. The van der Waals surface area contributed by atoms with E-state index in [1.165, 1.54) is 6.07 Å². The van der Waals surface area contributed by atoms with Crippen molar-refractivity contribution in [3.8, 4) is 0 Å². The summed E-state index contributed by atoms with van der Waals surface area (Å²) in [5.74, 6) is 5.89. The summed E-state index contributed by atoms with van der Waals surface area (Å²) in [4.78, 5) is 0. The molecule has 90 valence electrons. The highest BCUT2D eigenvalue weighted by atomic mass is 127. The van der Waals surface area contributed by atoms with Crippen LogP contribution in [0.3, 0.4) is 0 Å². The van der Waals surface area contributed by atoms with Gasteiger partial charge in [0.2, 0.25) is 0 Å². The molecule has 0 spiro atoms. The van der Waals surface area contributed by atoms with Gasteiger partial charge in [0.1, 0.15) is 5.82 Å². The number of hydrogen-bond acceptors (Lipinski definition) is 2.